The van der Waals surface area contributed by atoms with Gasteiger partial charge in [0.25, 0.3) is 5.91 Å². The lowest BCUT2D eigenvalue weighted by molar-refractivity contribution is -0.119. The fourth-order valence-corrected chi connectivity index (χ4v) is 3.03. The number of nitrogens with one attached hydrogen (secondary N) is 3. The number of H-pyrrole nitrogens is 1. The van der Waals surface area contributed by atoms with Crippen molar-refractivity contribution in [1.82, 2.24) is 15.3 Å². The summed E-state index contributed by atoms with van der Waals surface area (Å²) in [5.41, 5.74) is 3.09. The molecule has 128 valence electrons. The van der Waals surface area contributed by atoms with Crippen molar-refractivity contribution in [1.29, 1.82) is 0 Å². The molecule has 3 rings (SSSR count). The van der Waals surface area contributed by atoms with E-state index in [9.17, 15) is 9.59 Å². The number of rotatable bonds is 5. The van der Waals surface area contributed by atoms with Gasteiger partial charge in [0.05, 0.1) is 10.7 Å². The highest BCUT2D eigenvalue weighted by Gasteiger charge is 2.11. The molecule has 8 heteroatoms. The highest BCUT2D eigenvalue weighted by molar-refractivity contribution is 7.14. The second-order valence-corrected chi connectivity index (χ2v) is 6.62. The van der Waals surface area contributed by atoms with Crippen molar-refractivity contribution in [2.75, 3.05) is 5.32 Å². The molecule has 3 N–H and O–H groups in total. The summed E-state index contributed by atoms with van der Waals surface area (Å²) < 4.78 is 0. The summed E-state index contributed by atoms with van der Waals surface area (Å²) in [5.74, 6) is -0.356. The Morgan fingerprint density at radius 2 is 2.04 bits per heavy atom. The molecular weight excluding hydrogens is 360 g/mol. The summed E-state index contributed by atoms with van der Waals surface area (Å²) in [5, 5.41) is 8.35. The highest BCUT2D eigenvalue weighted by Crippen LogP contribution is 2.25. The predicted molar refractivity (Wildman–Crippen MR) is 98.8 cm³/mol. The van der Waals surface area contributed by atoms with Crippen molar-refractivity contribution in [3.8, 4) is 11.3 Å². The van der Waals surface area contributed by atoms with Gasteiger partial charge in [-0.05, 0) is 11.6 Å². The van der Waals surface area contributed by atoms with Gasteiger partial charge in [0.1, 0.15) is 5.69 Å². The SMILES string of the molecule is CC(=O)NCc1ccc(-c2csc(NC(=O)c3cc(Cl)c[nH]3)n2)cc1. The largest absolute Gasteiger partial charge is 0.356 e. The number of hydrogen-bond acceptors (Lipinski definition) is 4. The van der Waals surface area contributed by atoms with Gasteiger partial charge in [0, 0.05) is 30.6 Å². The van der Waals surface area contributed by atoms with Crippen LogP contribution in [0, 0.1) is 0 Å². The molecule has 6 nitrogen and oxygen atoms in total. The number of nitrogens with zero attached hydrogens (tertiary/aromatic N) is 1. The van der Waals surface area contributed by atoms with E-state index in [0.29, 0.717) is 22.4 Å². The van der Waals surface area contributed by atoms with E-state index < -0.39 is 0 Å². The number of carbonyl (C=O) groups excluding carboxylic acids is 2. The van der Waals surface area contributed by atoms with Gasteiger partial charge in [0.15, 0.2) is 5.13 Å². The first-order valence-corrected chi connectivity index (χ1v) is 8.71. The van der Waals surface area contributed by atoms with Crippen LogP contribution in [0.5, 0.6) is 0 Å². The third-order valence-electron chi connectivity index (χ3n) is 3.41. The highest BCUT2D eigenvalue weighted by atomic mass is 35.5. The van der Waals surface area contributed by atoms with E-state index in [4.69, 9.17) is 11.6 Å². The first-order chi connectivity index (χ1) is 12.0. The molecule has 0 aliphatic heterocycles. The maximum Gasteiger partial charge on any atom is 0.273 e. The smallest absolute Gasteiger partial charge is 0.273 e. The molecule has 0 saturated heterocycles. The molecule has 2 amide bonds. The second kappa shape index (κ2) is 7.50. The Hall–Kier alpha value is -2.64. The molecular formula is C17H15ClN4O2S. The lowest BCUT2D eigenvalue weighted by Gasteiger charge is -2.03. The normalized spacial score (nSPS) is 10.5. The minimum absolute atomic E-state index is 0.0627. The van der Waals surface area contributed by atoms with Crippen LogP contribution in [0.4, 0.5) is 5.13 Å². The number of aromatic amines is 1. The molecule has 0 spiro atoms. The Balaban J connectivity index is 1.66. The summed E-state index contributed by atoms with van der Waals surface area (Å²) in [7, 11) is 0. The van der Waals surface area contributed by atoms with Crippen LogP contribution in [0.2, 0.25) is 5.02 Å². The number of hydrogen-bond donors (Lipinski definition) is 3. The number of halogens is 1. The Bertz CT molecular complexity index is 902. The molecule has 0 radical (unpaired) electrons. The van der Waals surface area contributed by atoms with Crippen molar-refractivity contribution in [2.45, 2.75) is 13.5 Å². The molecule has 1 aromatic carbocycles. The Morgan fingerprint density at radius 3 is 2.68 bits per heavy atom. The molecule has 2 aromatic heterocycles. The fourth-order valence-electron chi connectivity index (χ4n) is 2.15. The van der Waals surface area contributed by atoms with Crippen LogP contribution in [-0.2, 0) is 11.3 Å². The molecule has 0 atom stereocenters. The van der Waals surface area contributed by atoms with E-state index in [2.05, 4.69) is 20.6 Å². The minimum atomic E-state index is -0.293. The van der Waals surface area contributed by atoms with Crippen molar-refractivity contribution in [3.05, 3.63) is 58.2 Å². The van der Waals surface area contributed by atoms with E-state index in [0.717, 1.165) is 16.8 Å². The Morgan fingerprint density at radius 1 is 1.28 bits per heavy atom. The first kappa shape index (κ1) is 17.2. The predicted octanol–water partition coefficient (Wildman–Crippen LogP) is 3.68. The average Bonchev–Trinajstić information content (AvgIpc) is 3.22. The third kappa shape index (κ3) is 4.46. The van der Waals surface area contributed by atoms with Crippen LogP contribution in [0.25, 0.3) is 11.3 Å². The van der Waals surface area contributed by atoms with Crippen LogP contribution in [0.3, 0.4) is 0 Å². The number of benzene rings is 1. The minimum Gasteiger partial charge on any atom is -0.356 e. The lowest BCUT2D eigenvalue weighted by Crippen LogP contribution is -2.18. The number of carbonyl (C=O) groups is 2. The molecule has 0 saturated carbocycles. The summed E-state index contributed by atoms with van der Waals surface area (Å²) in [6.07, 6.45) is 1.55. The molecule has 25 heavy (non-hydrogen) atoms. The monoisotopic (exact) mass is 374 g/mol. The first-order valence-electron chi connectivity index (χ1n) is 7.46. The Labute approximate surface area is 153 Å². The van der Waals surface area contributed by atoms with Crippen molar-refractivity contribution >= 4 is 39.9 Å². The third-order valence-corrected chi connectivity index (χ3v) is 4.38. The molecule has 3 aromatic rings. The van der Waals surface area contributed by atoms with E-state index in [1.807, 2.05) is 29.6 Å². The standard InChI is InChI=1S/C17H15ClN4O2S/c1-10(23)19-7-11-2-4-12(5-3-11)15-9-25-17(21-15)22-16(24)14-6-13(18)8-20-14/h2-6,8-9,20H,7H2,1H3,(H,19,23)(H,21,22,24). The van der Waals surface area contributed by atoms with Crippen LogP contribution < -0.4 is 10.6 Å². The van der Waals surface area contributed by atoms with Gasteiger partial charge in [-0.2, -0.15) is 0 Å². The maximum absolute atomic E-state index is 12.1. The average molecular weight is 375 g/mol. The zero-order valence-electron chi connectivity index (χ0n) is 13.3. The van der Waals surface area contributed by atoms with E-state index in [1.165, 1.54) is 18.3 Å². The molecule has 0 bridgehead atoms. The van der Waals surface area contributed by atoms with Crippen molar-refractivity contribution < 1.29 is 9.59 Å². The summed E-state index contributed by atoms with van der Waals surface area (Å²) in [6, 6.07) is 9.29. The van der Waals surface area contributed by atoms with Crippen LogP contribution in [0.1, 0.15) is 23.0 Å². The van der Waals surface area contributed by atoms with Crippen LogP contribution in [-0.4, -0.2) is 21.8 Å². The maximum atomic E-state index is 12.1. The Kier molecular flexibility index (Phi) is 5.16. The van der Waals surface area contributed by atoms with Crippen molar-refractivity contribution in [3.63, 3.8) is 0 Å². The van der Waals surface area contributed by atoms with Gasteiger partial charge < -0.3 is 10.3 Å². The number of amides is 2. The quantitative estimate of drug-likeness (QED) is 0.636. The second-order valence-electron chi connectivity index (χ2n) is 5.33. The van der Waals surface area contributed by atoms with Gasteiger partial charge in [-0.25, -0.2) is 4.98 Å². The molecule has 0 aliphatic rings. The fraction of sp³-hybridized carbons (Fsp3) is 0.118. The van der Waals surface area contributed by atoms with E-state index in [1.54, 1.807) is 12.3 Å². The molecule has 0 aliphatic carbocycles. The summed E-state index contributed by atoms with van der Waals surface area (Å²) >= 11 is 7.14. The zero-order chi connectivity index (χ0) is 17.8. The van der Waals surface area contributed by atoms with Crippen LogP contribution in [0.15, 0.2) is 41.9 Å². The van der Waals surface area contributed by atoms with E-state index >= 15 is 0 Å². The van der Waals surface area contributed by atoms with Crippen molar-refractivity contribution in [2.24, 2.45) is 0 Å². The number of anilines is 1. The van der Waals surface area contributed by atoms with Crippen LogP contribution >= 0.6 is 22.9 Å². The lowest BCUT2D eigenvalue weighted by atomic mass is 10.1. The number of aromatic nitrogens is 2. The van der Waals surface area contributed by atoms with Gasteiger partial charge >= 0.3 is 0 Å². The topological polar surface area (TPSA) is 86.9 Å². The molecule has 0 fully saturated rings. The summed E-state index contributed by atoms with van der Waals surface area (Å²) in [4.78, 5) is 30.2. The van der Waals surface area contributed by atoms with Gasteiger partial charge in [-0.15, -0.1) is 11.3 Å². The van der Waals surface area contributed by atoms with Gasteiger partial charge in [0.2, 0.25) is 5.91 Å². The van der Waals surface area contributed by atoms with Gasteiger partial charge in [-0.3, -0.25) is 14.9 Å². The number of thiazole rings is 1. The molecule has 2 heterocycles. The zero-order valence-corrected chi connectivity index (χ0v) is 14.9. The van der Waals surface area contributed by atoms with E-state index in [-0.39, 0.29) is 11.8 Å². The van der Waals surface area contributed by atoms with Gasteiger partial charge in [-0.1, -0.05) is 35.9 Å². The summed E-state index contributed by atoms with van der Waals surface area (Å²) in [6.45, 7) is 1.98. The molecule has 0 unspecified atom stereocenters.